The maximum absolute atomic E-state index is 10.3. The van der Waals surface area contributed by atoms with Crippen LogP contribution >= 0.6 is 0 Å². The third-order valence-corrected chi connectivity index (χ3v) is 2.96. The van der Waals surface area contributed by atoms with Crippen LogP contribution in [0.4, 0.5) is 0 Å². The molecule has 2 unspecified atom stereocenters. The summed E-state index contributed by atoms with van der Waals surface area (Å²) in [5.74, 6) is 0.224. The second-order valence-electron chi connectivity index (χ2n) is 4.31. The lowest BCUT2D eigenvalue weighted by molar-refractivity contribution is 0.138. The predicted octanol–water partition coefficient (Wildman–Crippen LogP) is 1.56. The Hall–Kier alpha value is -1.78. The molecule has 0 aliphatic heterocycles. The molecule has 4 nitrogen and oxygen atoms in total. The van der Waals surface area contributed by atoms with Crippen molar-refractivity contribution < 1.29 is 5.11 Å². The first-order chi connectivity index (χ1) is 8.72. The van der Waals surface area contributed by atoms with Gasteiger partial charge in [0.1, 0.15) is 6.10 Å². The van der Waals surface area contributed by atoms with E-state index in [2.05, 4.69) is 9.97 Å². The highest BCUT2D eigenvalue weighted by molar-refractivity contribution is 5.27. The number of aryl methyl sites for hydroxylation is 1. The maximum Gasteiger partial charge on any atom is 0.157 e. The van der Waals surface area contributed by atoms with Crippen LogP contribution < -0.4 is 5.73 Å². The molecule has 1 aromatic heterocycles. The van der Waals surface area contributed by atoms with Gasteiger partial charge in [0, 0.05) is 24.9 Å². The molecule has 4 heteroatoms. The minimum absolute atomic E-state index is 0.188. The standard InChI is InChI=1S/C14H17N3O/c1-10-4-2-5-11(8-10)12(9-15)13(18)14-16-6-3-7-17-14/h2-8,12-13,18H,9,15H2,1H3. The van der Waals surface area contributed by atoms with E-state index in [1.54, 1.807) is 18.5 Å². The topological polar surface area (TPSA) is 72.0 Å². The second kappa shape index (κ2) is 5.71. The first-order valence-corrected chi connectivity index (χ1v) is 5.94. The van der Waals surface area contributed by atoms with Crippen molar-refractivity contribution in [2.75, 3.05) is 6.54 Å². The van der Waals surface area contributed by atoms with Gasteiger partial charge in [-0.15, -0.1) is 0 Å². The van der Waals surface area contributed by atoms with Gasteiger partial charge in [0.05, 0.1) is 0 Å². The van der Waals surface area contributed by atoms with Crippen molar-refractivity contribution in [3.63, 3.8) is 0 Å². The summed E-state index contributed by atoms with van der Waals surface area (Å²) in [5, 5.41) is 10.3. The Bertz CT molecular complexity index is 501. The average molecular weight is 243 g/mol. The number of hydrogen-bond acceptors (Lipinski definition) is 4. The molecule has 0 amide bonds. The number of aliphatic hydroxyl groups is 1. The molecule has 2 aromatic rings. The number of hydrogen-bond donors (Lipinski definition) is 2. The molecule has 0 aliphatic rings. The van der Waals surface area contributed by atoms with Crippen molar-refractivity contribution in [3.05, 3.63) is 59.7 Å². The first kappa shape index (κ1) is 12.7. The highest BCUT2D eigenvalue weighted by Gasteiger charge is 2.23. The van der Waals surface area contributed by atoms with Crippen LogP contribution in [0, 0.1) is 6.92 Å². The summed E-state index contributed by atoms with van der Waals surface area (Å²) in [4.78, 5) is 8.16. The van der Waals surface area contributed by atoms with Gasteiger partial charge in [-0.2, -0.15) is 0 Å². The van der Waals surface area contributed by atoms with Crippen LogP contribution in [-0.2, 0) is 0 Å². The van der Waals surface area contributed by atoms with Crippen LogP contribution in [0.1, 0.15) is 29.0 Å². The molecule has 2 atom stereocenters. The molecular weight excluding hydrogens is 226 g/mol. The van der Waals surface area contributed by atoms with Gasteiger partial charge in [0.2, 0.25) is 0 Å². The normalized spacial score (nSPS) is 14.2. The van der Waals surface area contributed by atoms with Crippen LogP contribution in [0.15, 0.2) is 42.7 Å². The van der Waals surface area contributed by atoms with E-state index in [0.29, 0.717) is 12.4 Å². The zero-order valence-corrected chi connectivity index (χ0v) is 10.3. The van der Waals surface area contributed by atoms with Crippen LogP contribution in [0.2, 0.25) is 0 Å². The fraction of sp³-hybridized carbons (Fsp3) is 0.286. The Morgan fingerprint density at radius 2 is 1.94 bits per heavy atom. The second-order valence-corrected chi connectivity index (χ2v) is 4.31. The molecular formula is C14H17N3O. The van der Waals surface area contributed by atoms with Crippen molar-refractivity contribution >= 4 is 0 Å². The van der Waals surface area contributed by atoms with Gasteiger partial charge >= 0.3 is 0 Å². The van der Waals surface area contributed by atoms with E-state index in [1.807, 2.05) is 31.2 Å². The molecule has 0 aliphatic carbocycles. The highest BCUT2D eigenvalue weighted by Crippen LogP contribution is 2.28. The Balaban J connectivity index is 2.29. The summed E-state index contributed by atoms with van der Waals surface area (Å²) in [6, 6.07) is 9.70. The molecule has 2 rings (SSSR count). The smallest absolute Gasteiger partial charge is 0.157 e. The molecule has 0 bridgehead atoms. The number of nitrogens with two attached hydrogens (primary N) is 1. The van der Waals surface area contributed by atoms with Crippen molar-refractivity contribution in [2.45, 2.75) is 18.9 Å². The quantitative estimate of drug-likeness (QED) is 0.854. The molecule has 3 N–H and O–H groups in total. The van der Waals surface area contributed by atoms with E-state index in [-0.39, 0.29) is 5.92 Å². The predicted molar refractivity (Wildman–Crippen MR) is 70.0 cm³/mol. The minimum atomic E-state index is -0.780. The molecule has 0 fully saturated rings. The Morgan fingerprint density at radius 1 is 1.22 bits per heavy atom. The summed E-state index contributed by atoms with van der Waals surface area (Å²) in [5.41, 5.74) is 7.93. The Morgan fingerprint density at radius 3 is 2.56 bits per heavy atom. The van der Waals surface area contributed by atoms with Crippen molar-refractivity contribution in [1.29, 1.82) is 0 Å². The van der Waals surface area contributed by atoms with Crippen molar-refractivity contribution in [3.8, 4) is 0 Å². The number of nitrogens with zero attached hydrogens (tertiary/aromatic N) is 2. The zero-order valence-electron chi connectivity index (χ0n) is 10.3. The van der Waals surface area contributed by atoms with Gasteiger partial charge in [-0.1, -0.05) is 29.8 Å². The monoisotopic (exact) mass is 243 g/mol. The summed E-state index contributed by atoms with van der Waals surface area (Å²) >= 11 is 0. The van der Waals surface area contributed by atoms with Gasteiger partial charge in [0.15, 0.2) is 5.82 Å². The van der Waals surface area contributed by atoms with E-state index in [9.17, 15) is 5.11 Å². The molecule has 18 heavy (non-hydrogen) atoms. The first-order valence-electron chi connectivity index (χ1n) is 5.94. The van der Waals surface area contributed by atoms with Crippen LogP contribution in [0.25, 0.3) is 0 Å². The lowest BCUT2D eigenvalue weighted by Gasteiger charge is -2.21. The molecule has 1 heterocycles. The number of aromatic nitrogens is 2. The van der Waals surface area contributed by atoms with Crippen LogP contribution in [0.3, 0.4) is 0 Å². The number of rotatable bonds is 4. The molecule has 0 saturated heterocycles. The number of benzene rings is 1. The zero-order chi connectivity index (χ0) is 13.0. The fourth-order valence-corrected chi connectivity index (χ4v) is 1.99. The molecule has 1 aromatic carbocycles. The van der Waals surface area contributed by atoms with E-state index in [0.717, 1.165) is 11.1 Å². The van der Waals surface area contributed by atoms with Gasteiger partial charge in [-0.3, -0.25) is 0 Å². The van der Waals surface area contributed by atoms with E-state index in [1.165, 1.54) is 0 Å². The third kappa shape index (κ3) is 2.72. The Labute approximate surface area is 107 Å². The van der Waals surface area contributed by atoms with Crippen molar-refractivity contribution in [1.82, 2.24) is 9.97 Å². The van der Waals surface area contributed by atoms with Gasteiger partial charge in [-0.25, -0.2) is 9.97 Å². The lowest BCUT2D eigenvalue weighted by atomic mass is 9.92. The highest BCUT2D eigenvalue weighted by atomic mass is 16.3. The maximum atomic E-state index is 10.3. The summed E-state index contributed by atoms with van der Waals surface area (Å²) < 4.78 is 0. The summed E-state index contributed by atoms with van der Waals surface area (Å²) in [6.07, 6.45) is 2.46. The van der Waals surface area contributed by atoms with Crippen LogP contribution in [0.5, 0.6) is 0 Å². The summed E-state index contributed by atoms with van der Waals surface area (Å²) in [7, 11) is 0. The van der Waals surface area contributed by atoms with Crippen LogP contribution in [-0.4, -0.2) is 21.6 Å². The lowest BCUT2D eigenvalue weighted by Crippen LogP contribution is -2.21. The molecule has 0 saturated carbocycles. The largest absolute Gasteiger partial charge is 0.384 e. The molecule has 0 radical (unpaired) electrons. The molecule has 0 spiro atoms. The number of aliphatic hydroxyl groups excluding tert-OH is 1. The van der Waals surface area contributed by atoms with Crippen molar-refractivity contribution in [2.24, 2.45) is 5.73 Å². The van der Waals surface area contributed by atoms with Gasteiger partial charge < -0.3 is 10.8 Å². The Kier molecular flexibility index (Phi) is 4.02. The summed E-state index contributed by atoms with van der Waals surface area (Å²) in [6.45, 7) is 2.37. The van der Waals surface area contributed by atoms with Gasteiger partial charge in [0.25, 0.3) is 0 Å². The SMILES string of the molecule is Cc1cccc(C(CN)C(O)c2ncccn2)c1. The fourth-order valence-electron chi connectivity index (χ4n) is 1.99. The third-order valence-electron chi connectivity index (χ3n) is 2.96. The molecule has 94 valence electrons. The average Bonchev–Trinajstić information content (AvgIpc) is 2.40. The van der Waals surface area contributed by atoms with E-state index in [4.69, 9.17) is 5.73 Å². The van der Waals surface area contributed by atoms with Gasteiger partial charge in [-0.05, 0) is 18.6 Å². The van der Waals surface area contributed by atoms with E-state index >= 15 is 0 Å². The van der Waals surface area contributed by atoms with E-state index < -0.39 is 6.10 Å². The minimum Gasteiger partial charge on any atom is -0.384 e.